The van der Waals surface area contributed by atoms with Crippen LogP contribution in [0.4, 0.5) is 0 Å². The molecule has 1 saturated heterocycles. The van der Waals surface area contributed by atoms with Crippen LogP contribution in [0, 0.1) is 0 Å². The Morgan fingerprint density at radius 2 is 2.00 bits per heavy atom. The van der Waals surface area contributed by atoms with Gasteiger partial charge < -0.3 is 9.64 Å². The summed E-state index contributed by atoms with van der Waals surface area (Å²) in [5.41, 5.74) is 0.872. The lowest BCUT2D eigenvalue weighted by Gasteiger charge is -2.32. The van der Waals surface area contributed by atoms with Crippen LogP contribution in [0.5, 0.6) is 5.88 Å². The lowest BCUT2D eigenvalue weighted by atomic mass is 10.1. The molecule has 1 aliphatic heterocycles. The average molecular weight is 332 g/mol. The Hall–Kier alpha value is -2.14. The molecule has 3 rings (SSSR count). The summed E-state index contributed by atoms with van der Waals surface area (Å²) in [7, 11) is 0. The lowest BCUT2D eigenvalue weighted by molar-refractivity contribution is -0.132. The lowest BCUT2D eigenvalue weighted by Crippen LogP contribution is -2.42. The van der Waals surface area contributed by atoms with Gasteiger partial charge >= 0.3 is 0 Å². The molecule has 1 aromatic carbocycles. The summed E-state index contributed by atoms with van der Waals surface area (Å²) in [6.45, 7) is 1.38. The van der Waals surface area contributed by atoms with Crippen LogP contribution in [0.1, 0.15) is 18.4 Å². The number of nitrogens with zero attached hydrogens (tertiary/aromatic N) is 3. The third-order valence-electron chi connectivity index (χ3n) is 3.93. The molecule has 0 spiro atoms. The summed E-state index contributed by atoms with van der Waals surface area (Å²) in [4.78, 5) is 14.3. The molecule has 2 heterocycles. The number of hydrogen-bond acceptors (Lipinski definition) is 4. The highest BCUT2D eigenvalue weighted by Gasteiger charge is 2.24. The topological polar surface area (TPSA) is 55.3 Å². The van der Waals surface area contributed by atoms with Crippen molar-refractivity contribution in [3.63, 3.8) is 0 Å². The monoisotopic (exact) mass is 331 g/mol. The number of ether oxygens (including phenoxy) is 1. The van der Waals surface area contributed by atoms with Gasteiger partial charge in [-0.05, 0) is 17.7 Å². The van der Waals surface area contributed by atoms with Crippen LogP contribution in [0.2, 0.25) is 5.02 Å². The first-order valence-corrected chi connectivity index (χ1v) is 8.06. The SMILES string of the molecule is O=C(Cc1ccccc1Cl)N1CCC(Oc2cccnn2)CC1. The Labute approximate surface area is 140 Å². The number of rotatable bonds is 4. The Balaban J connectivity index is 1.50. The van der Waals surface area contributed by atoms with Gasteiger partial charge in [0, 0.05) is 43.2 Å². The van der Waals surface area contributed by atoms with Crippen LogP contribution in [0.3, 0.4) is 0 Å². The van der Waals surface area contributed by atoms with Crippen LogP contribution in [0.15, 0.2) is 42.6 Å². The summed E-state index contributed by atoms with van der Waals surface area (Å²) < 4.78 is 5.79. The van der Waals surface area contributed by atoms with E-state index in [0.29, 0.717) is 30.4 Å². The molecule has 0 aliphatic carbocycles. The number of hydrogen-bond donors (Lipinski definition) is 0. The third kappa shape index (κ3) is 4.20. The molecule has 0 unspecified atom stereocenters. The fraction of sp³-hybridized carbons (Fsp3) is 0.353. The highest BCUT2D eigenvalue weighted by molar-refractivity contribution is 6.31. The van der Waals surface area contributed by atoms with E-state index in [9.17, 15) is 4.79 Å². The molecule has 1 aliphatic rings. The largest absolute Gasteiger partial charge is 0.473 e. The van der Waals surface area contributed by atoms with E-state index in [2.05, 4.69) is 10.2 Å². The molecule has 1 amide bonds. The second-order valence-corrected chi connectivity index (χ2v) is 5.94. The van der Waals surface area contributed by atoms with E-state index >= 15 is 0 Å². The predicted molar refractivity (Wildman–Crippen MR) is 87.4 cm³/mol. The summed E-state index contributed by atoms with van der Waals surface area (Å²) in [5.74, 6) is 0.643. The summed E-state index contributed by atoms with van der Waals surface area (Å²) >= 11 is 6.12. The number of carbonyl (C=O) groups excluding carboxylic acids is 1. The van der Waals surface area contributed by atoms with Gasteiger partial charge in [-0.3, -0.25) is 4.79 Å². The van der Waals surface area contributed by atoms with Crippen molar-refractivity contribution in [2.24, 2.45) is 0 Å². The van der Waals surface area contributed by atoms with Crippen molar-refractivity contribution in [1.82, 2.24) is 15.1 Å². The molecule has 0 atom stereocenters. The van der Waals surface area contributed by atoms with E-state index in [-0.39, 0.29) is 12.0 Å². The molecule has 23 heavy (non-hydrogen) atoms. The van der Waals surface area contributed by atoms with Gasteiger partial charge in [0.2, 0.25) is 11.8 Å². The van der Waals surface area contributed by atoms with Crippen LogP contribution < -0.4 is 4.74 Å². The minimum atomic E-state index is 0.0797. The summed E-state index contributed by atoms with van der Waals surface area (Å²) in [6.07, 6.45) is 3.63. The van der Waals surface area contributed by atoms with Gasteiger partial charge in [0.25, 0.3) is 0 Å². The Bertz CT molecular complexity index is 658. The molecule has 0 bridgehead atoms. The first-order chi connectivity index (χ1) is 11.2. The standard InChI is InChI=1S/C17H18ClN3O2/c18-15-5-2-1-4-13(15)12-17(22)21-10-7-14(8-11-21)23-16-6-3-9-19-20-16/h1-6,9,14H,7-8,10-12H2. The van der Waals surface area contributed by atoms with Gasteiger partial charge in [0.05, 0.1) is 6.42 Å². The van der Waals surface area contributed by atoms with Crippen molar-refractivity contribution >= 4 is 17.5 Å². The average Bonchev–Trinajstić information content (AvgIpc) is 2.58. The molecule has 2 aromatic rings. The number of piperidine rings is 1. The van der Waals surface area contributed by atoms with E-state index in [4.69, 9.17) is 16.3 Å². The number of benzene rings is 1. The van der Waals surface area contributed by atoms with Crippen molar-refractivity contribution in [1.29, 1.82) is 0 Å². The van der Waals surface area contributed by atoms with Crippen molar-refractivity contribution in [2.45, 2.75) is 25.4 Å². The molecular formula is C17H18ClN3O2. The number of aromatic nitrogens is 2. The van der Waals surface area contributed by atoms with Gasteiger partial charge in [-0.25, -0.2) is 0 Å². The Kier molecular flexibility index (Phi) is 5.08. The van der Waals surface area contributed by atoms with Crippen molar-refractivity contribution in [3.8, 4) is 5.88 Å². The van der Waals surface area contributed by atoms with E-state index in [1.807, 2.05) is 29.2 Å². The van der Waals surface area contributed by atoms with E-state index in [0.717, 1.165) is 18.4 Å². The molecule has 0 radical (unpaired) electrons. The number of halogens is 1. The molecule has 120 valence electrons. The van der Waals surface area contributed by atoms with Crippen molar-refractivity contribution < 1.29 is 9.53 Å². The molecule has 5 nitrogen and oxygen atoms in total. The molecule has 0 N–H and O–H groups in total. The van der Waals surface area contributed by atoms with Gasteiger partial charge in [0.15, 0.2) is 0 Å². The molecule has 1 fully saturated rings. The fourth-order valence-corrected chi connectivity index (χ4v) is 2.86. The zero-order valence-electron chi connectivity index (χ0n) is 12.7. The minimum absolute atomic E-state index is 0.0797. The summed E-state index contributed by atoms with van der Waals surface area (Å²) in [6, 6.07) is 11.1. The third-order valence-corrected chi connectivity index (χ3v) is 4.30. The predicted octanol–water partition coefficient (Wildman–Crippen LogP) is 2.74. The number of amides is 1. The maximum Gasteiger partial charge on any atom is 0.233 e. The van der Waals surface area contributed by atoms with Crippen LogP contribution in [0.25, 0.3) is 0 Å². The highest BCUT2D eigenvalue weighted by atomic mass is 35.5. The highest BCUT2D eigenvalue weighted by Crippen LogP contribution is 2.19. The van der Waals surface area contributed by atoms with Gasteiger partial charge in [-0.2, -0.15) is 5.10 Å². The fourth-order valence-electron chi connectivity index (χ4n) is 2.66. The zero-order chi connectivity index (χ0) is 16.1. The van der Waals surface area contributed by atoms with Gasteiger partial charge in [-0.15, -0.1) is 5.10 Å². The quantitative estimate of drug-likeness (QED) is 0.864. The molecule has 6 heteroatoms. The van der Waals surface area contributed by atoms with Crippen LogP contribution >= 0.6 is 11.6 Å². The first kappa shape index (κ1) is 15.7. The minimum Gasteiger partial charge on any atom is -0.473 e. The first-order valence-electron chi connectivity index (χ1n) is 7.68. The maximum atomic E-state index is 12.4. The maximum absolute atomic E-state index is 12.4. The van der Waals surface area contributed by atoms with E-state index in [1.165, 1.54) is 0 Å². The molecule has 1 aromatic heterocycles. The number of likely N-dealkylation sites (tertiary alicyclic amines) is 1. The second-order valence-electron chi connectivity index (χ2n) is 5.53. The smallest absolute Gasteiger partial charge is 0.233 e. The van der Waals surface area contributed by atoms with E-state index < -0.39 is 0 Å². The summed E-state index contributed by atoms with van der Waals surface area (Å²) in [5, 5.41) is 8.36. The van der Waals surface area contributed by atoms with Gasteiger partial charge in [-0.1, -0.05) is 29.8 Å². The second kappa shape index (κ2) is 7.42. The Morgan fingerprint density at radius 3 is 2.70 bits per heavy atom. The normalized spacial score (nSPS) is 15.4. The van der Waals surface area contributed by atoms with E-state index in [1.54, 1.807) is 18.3 Å². The van der Waals surface area contributed by atoms with Gasteiger partial charge in [0.1, 0.15) is 6.10 Å². The number of carbonyl (C=O) groups is 1. The van der Waals surface area contributed by atoms with Crippen LogP contribution in [-0.2, 0) is 11.2 Å². The van der Waals surface area contributed by atoms with Crippen molar-refractivity contribution in [3.05, 3.63) is 53.2 Å². The zero-order valence-corrected chi connectivity index (χ0v) is 13.4. The van der Waals surface area contributed by atoms with Crippen molar-refractivity contribution in [2.75, 3.05) is 13.1 Å². The molecular weight excluding hydrogens is 314 g/mol. The Morgan fingerprint density at radius 1 is 1.22 bits per heavy atom. The molecule has 0 saturated carbocycles. The van der Waals surface area contributed by atoms with Crippen LogP contribution in [-0.4, -0.2) is 40.2 Å².